The molecule has 1 heterocycles. The molecule has 1 aliphatic carbocycles. The fourth-order valence-electron chi connectivity index (χ4n) is 2.94. The van der Waals surface area contributed by atoms with Crippen LogP contribution in [-0.4, -0.2) is 50.6 Å². The molecule has 0 aromatic rings. The lowest BCUT2D eigenvalue weighted by Gasteiger charge is -2.30. The third-order valence-corrected chi connectivity index (χ3v) is 4.19. The van der Waals surface area contributed by atoms with Crippen LogP contribution in [0.15, 0.2) is 11.6 Å². The van der Waals surface area contributed by atoms with E-state index < -0.39 is 5.79 Å². The summed E-state index contributed by atoms with van der Waals surface area (Å²) < 4.78 is 28.0. The summed E-state index contributed by atoms with van der Waals surface area (Å²) in [6.45, 7) is 6.35. The molecule has 0 saturated carbocycles. The Labute approximate surface area is 131 Å². The maximum absolute atomic E-state index is 12.0. The van der Waals surface area contributed by atoms with E-state index in [4.69, 9.17) is 23.7 Å². The van der Waals surface area contributed by atoms with Gasteiger partial charge in [0, 0.05) is 19.1 Å². The minimum Gasteiger partial charge on any atom is -0.463 e. The van der Waals surface area contributed by atoms with Crippen molar-refractivity contribution in [3.63, 3.8) is 0 Å². The summed E-state index contributed by atoms with van der Waals surface area (Å²) >= 11 is 0. The number of ether oxygens (including phenoxy) is 5. The summed E-state index contributed by atoms with van der Waals surface area (Å²) in [5, 5.41) is 0. The Morgan fingerprint density at radius 2 is 2.05 bits per heavy atom. The first-order valence-corrected chi connectivity index (χ1v) is 7.93. The molecule has 2 rings (SSSR count). The molecular weight excluding hydrogens is 288 g/mol. The standard InChI is InChI=1S/C16H26O6/c1-5-16(6-2)21-13-9-11(15(17)19-7-3)8-12(14(13)22-16)20-10-18-4/h9,12-14H,5-8,10H2,1-4H3/t12-,13-,14+/m1/s1. The van der Waals surface area contributed by atoms with E-state index in [1.807, 2.05) is 19.9 Å². The van der Waals surface area contributed by atoms with Crippen molar-refractivity contribution >= 4 is 5.97 Å². The Balaban J connectivity index is 2.20. The van der Waals surface area contributed by atoms with E-state index in [1.54, 1.807) is 14.0 Å². The quantitative estimate of drug-likeness (QED) is 0.530. The van der Waals surface area contributed by atoms with Gasteiger partial charge in [0.25, 0.3) is 0 Å². The summed E-state index contributed by atoms with van der Waals surface area (Å²) in [6, 6.07) is 0. The smallest absolute Gasteiger partial charge is 0.333 e. The van der Waals surface area contributed by atoms with Crippen molar-refractivity contribution in [3.05, 3.63) is 11.6 Å². The van der Waals surface area contributed by atoms with E-state index in [9.17, 15) is 4.79 Å². The van der Waals surface area contributed by atoms with Crippen LogP contribution in [0.2, 0.25) is 0 Å². The van der Waals surface area contributed by atoms with Gasteiger partial charge in [0.1, 0.15) is 19.0 Å². The monoisotopic (exact) mass is 314 g/mol. The number of carbonyl (C=O) groups excluding carboxylic acids is 1. The first kappa shape index (κ1) is 17.4. The SMILES string of the molecule is CCOC(=O)C1=C[C@H]2OC(CC)(CC)O[C@H]2[C@H](OCOC)C1. The Kier molecular flexibility index (Phi) is 5.97. The molecule has 0 radical (unpaired) electrons. The molecule has 2 aliphatic rings. The molecule has 126 valence electrons. The van der Waals surface area contributed by atoms with Gasteiger partial charge in [-0.3, -0.25) is 0 Å². The van der Waals surface area contributed by atoms with Gasteiger partial charge in [-0.15, -0.1) is 0 Å². The van der Waals surface area contributed by atoms with Crippen LogP contribution in [0.3, 0.4) is 0 Å². The van der Waals surface area contributed by atoms with E-state index in [0.717, 1.165) is 12.8 Å². The van der Waals surface area contributed by atoms with Crippen LogP contribution in [0.1, 0.15) is 40.0 Å². The number of hydrogen-bond acceptors (Lipinski definition) is 6. The fourth-order valence-corrected chi connectivity index (χ4v) is 2.94. The second-order valence-electron chi connectivity index (χ2n) is 5.51. The number of hydrogen-bond donors (Lipinski definition) is 0. The number of methoxy groups -OCH3 is 1. The number of carbonyl (C=O) groups is 1. The van der Waals surface area contributed by atoms with Gasteiger partial charge in [0.05, 0.1) is 12.7 Å². The number of esters is 1. The van der Waals surface area contributed by atoms with E-state index in [2.05, 4.69) is 0 Å². The van der Waals surface area contributed by atoms with Crippen LogP contribution in [0.5, 0.6) is 0 Å². The summed E-state index contributed by atoms with van der Waals surface area (Å²) in [5.41, 5.74) is 0.579. The van der Waals surface area contributed by atoms with Crippen LogP contribution in [0.4, 0.5) is 0 Å². The predicted molar refractivity (Wildman–Crippen MR) is 79.1 cm³/mol. The Hall–Kier alpha value is -0.950. The van der Waals surface area contributed by atoms with Gasteiger partial charge in [-0.1, -0.05) is 13.8 Å². The lowest BCUT2D eigenvalue weighted by atomic mass is 9.92. The minimum atomic E-state index is -0.607. The summed E-state index contributed by atoms with van der Waals surface area (Å²) in [6.07, 6.45) is 2.95. The molecular formula is C16H26O6. The zero-order valence-corrected chi connectivity index (χ0v) is 13.8. The Morgan fingerprint density at radius 1 is 1.32 bits per heavy atom. The summed E-state index contributed by atoms with van der Waals surface area (Å²) in [5.74, 6) is -0.925. The first-order valence-electron chi connectivity index (χ1n) is 7.93. The highest BCUT2D eigenvalue weighted by atomic mass is 16.8. The highest BCUT2D eigenvalue weighted by molar-refractivity contribution is 5.89. The molecule has 1 saturated heterocycles. The van der Waals surface area contributed by atoms with Crippen molar-refractivity contribution < 1.29 is 28.5 Å². The van der Waals surface area contributed by atoms with E-state index in [1.165, 1.54) is 0 Å². The van der Waals surface area contributed by atoms with Crippen molar-refractivity contribution in [2.75, 3.05) is 20.5 Å². The van der Waals surface area contributed by atoms with Gasteiger partial charge >= 0.3 is 5.97 Å². The van der Waals surface area contributed by atoms with Crippen LogP contribution < -0.4 is 0 Å². The van der Waals surface area contributed by atoms with Crippen molar-refractivity contribution in [1.82, 2.24) is 0 Å². The zero-order chi connectivity index (χ0) is 16.2. The second kappa shape index (κ2) is 7.55. The molecule has 0 amide bonds. The van der Waals surface area contributed by atoms with Gasteiger partial charge in [-0.05, 0) is 25.8 Å². The zero-order valence-electron chi connectivity index (χ0n) is 13.8. The maximum Gasteiger partial charge on any atom is 0.333 e. The van der Waals surface area contributed by atoms with E-state index >= 15 is 0 Å². The van der Waals surface area contributed by atoms with Gasteiger partial charge in [-0.25, -0.2) is 4.79 Å². The van der Waals surface area contributed by atoms with Gasteiger partial charge in [-0.2, -0.15) is 0 Å². The van der Waals surface area contributed by atoms with Crippen LogP contribution in [0.25, 0.3) is 0 Å². The Morgan fingerprint density at radius 3 is 2.64 bits per heavy atom. The fraction of sp³-hybridized carbons (Fsp3) is 0.812. The third kappa shape index (κ3) is 3.51. The van der Waals surface area contributed by atoms with Crippen molar-refractivity contribution in [2.24, 2.45) is 0 Å². The second-order valence-corrected chi connectivity index (χ2v) is 5.51. The van der Waals surface area contributed by atoms with Crippen LogP contribution in [-0.2, 0) is 28.5 Å². The van der Waals surface area contributed by atoms with Crippen LogP contribution >= 0.6 is 0 Å². The lowest BCUT2D eigenvalue weighted by Crippen LogP contribution is -2.41. The predicted octanol–water partition coefficient (Wildman–Crippen LogP) is 2.17. The molecule has 0 N–H and O–H groups in total. The van der Waals surface area contributed by atoms with Crippen molar-refractivity contribution in [2.45, 2.75) is 64.1 Å². The minimum absolute atomic E-state index is 0.151. The number of fused-ring (bicyclic) bond motifs is 1. The highest BCUT2D eigenvalue weighted by Crippen LogP contribution is 2.41. The summed E-state index contributed by atoms with van der Waals surface area (Å²) in [4.78, 5) is 12.0. The average molecular weight is 314 g/mol. The van der Waals surface area contributed by atoms with Gasteiger partial charge < -0.3 is 23.7 Å². The molecule has 0 unspecified atom stereocenters. The first-order chi connectivity index (χ1) is 10.6. The van der Waals surface area contributed by atoms with Crippen LogP contribution in [0, 0.1) is 0 Å². The average Bonchev–Trinajstić information content (AvgIpc) is 2.92. The molecule has 1 fully saturated rings. The molecule has 0 bridgehead atoms. The topological polar surface area (TPSA) is 63.2 Å². The van der Waals surface area contributed by atoms with Gasteiger partial charge in [0.15, 0.2) is 5.79 Å². The molecule has 0 aromatic heterocycles. The van der Waals surface area contributed by atoms with Crippen molar-refractivity contribution in [1.29, 1.82) is 0 Å². The number of rotatable bonds is 7. The lowest BCUT2D eigenvalue weighted by molar-refractivity contribution is -0.193. The largest absolute Gasteiger partial charge is 0.463 e. The molecule has 0 spiro atoms. The molecule has 1 aliphatic heterocycles. The van der Waals surface area contributed by atoms with E-state index in [-0.39, 0.29) is 31.1 Å². The van der Waals surface area contributed by atoms with Crippen molar-refractivity contribution in [3.8, 4) is 0 Å². The molecule has 22 heavy (non-hydrogen) atoms. The molecule has 6 heteroatoms. The highest BCUT2D eigenvalue weighted by Gasteiger charge is 2.50. The molecule has 6 nitrogen and oxygen atoms in total. The summed E-state index contributed by atoms with van der Waals surface area (Å²) in [7, 11) is 1.57. The van der Waals surface area contributed by atoms with E-state index in [0.29, 0.717) is 18.6 Å². The third-order valence-electron chi connectivity index (χ3n) is 4.19. The Bertz CT molecular complexity index is 415. The normalized spacial score (nSPS) is 29.8. The molecule has 3 atom stereocenters. The van der Waals surface area contributed by atoms with Gasteiger partial charge in [0.2, 0.25) is 0 Å². The maximum atomic E-state index is 12.0. The molecule has 0 aromatic carbocycles.